The monoisotopic (exact) mass is 232 g/mol. The van der Waals surface area contributed by atoms with Gasteiger partial charge in [0, 0.05) is 0 Å². The van der Waals surface area contributed by atoms with Crippen LogP contribution in [0.1, 0.15) is 17.2 Å². The lowest BCUT2D eigenvalue weighted by molar-refractivity contribution is -0.133. The van der Waals surface area contributed by atoms with Crippen LogP contribution in [0.15, 0.2) is 36.0 Å². The first kappa shape index (κ1) is 11.2. The molecule has 0 bridgehead atoms. The van der Waals surface area contributed by atoms with Gasteiger partial charge < -0.3 is 15.7 Å². The van der Waals surface area contributed by atoms with Gasteiger partial charge in [0.25, 0.3) is 0 Å². The van der Waals surface area contributed by atoms with Gasteiger partial charge in [0.2, 0.25) is 0 Å². The van der Waals surface area contributed by atoms with E-state index in [1.165, 1.54) is 6.08 Å². The molecule has 1 aromatic rings. The summed E-state index contributed by atoms with van der Waals surface area (Å²) in [4.78, 5) is 22.1. The number of urea groups is 1. The van der Waals surface area contributed by atoms with E-state index >= 15 is 0 Å². The second-order valence-electron chi connectivity index (χ2n) is 3.87. The van der Waals surface area contributed by atoms with Crippen LogP contribution >= 0.6 is 0 Å². The predicted molar refractivity (Wildman–Crippen MR) is 61.3 cm³/mol. The molecule has 0 saturated heterocycles. The quantitative estimate of drug-likeness (QED) is 0.719. The van der Waals surface area contributed by atoms with E-state index in [2.05, 4.69) is 10.6 Å². The number of carboxylic acid groups (broad SMARTS) is 1. The smallest absolute Gasteiger partial charge is 0.352 e. The summed E-state index contributed by atoms with van der Waals surface area (Å²) in [6.45, 7) is 1.96. The molecule has 0 fully saturated rings. The lowest BCUT2D eigenvalue weighted by Gasteiger charge is -2.22. The molecule has 0 radical (unpaired) electrons. The van der Waals surface area contributed by atoms with Gasteiger partial charge in [-0.25, -0.2) is 9.59 Å². The summed E-state index contributed by atoms with van der Waals surface area (Å²) in [5.74, 6) is -1.14. The number of carbonyl (C=O) groups excluding carboxylic acids is 1. The number of nitrogens with one attached hydrogen (secondary N) is 2. The summed E-state index contributed by atoms with van der Waals surface area (Å²) < 4.78 is 0. The summed E-state index contributed by atoms with van der Waals surface area (Å²) in [5.41, 5.74) is 1.86. The lowest BCUT2D eigenvalue weighted by atomic mass is 10.0. The van der Waals surface area contributed by atoms with E-state index in [0.717, 1.165) is 11.1 Å². The zero-order valence-corrected chi connectivity index (χ0v) is 9.23. The minimum Gasteiger partial charge on any atom is -0.477 e. The number of hydrogen-bond acceptors (Lipinski definition) is 2. The standard InChI is InChI=1S/C12H12N2O3/c1-7-2-4-8(5-3-7)9-6-10(11(15)16)14-12(17)13-9/h2-6,9H,1H3,(H,15,16)(H2,13,14,17)/t9-/m1/s1. The number of carboxylic acids is 1. The number of benzene rings is 1. The number of aliphatic carboxylic acids is 1. The number of aryl methyl sites for hydroxylation is 1. The molecule has 0 unspecified atom stereocenters. The van der Waals surface area contributed by atoms with E-state index in [9.17, 15) is 9.59 Å². The van der Waals surface area contributed by atoms with Crippen molar-refractivity contribution in [2.75, 3.05) is 0 Å². The highest BCUT2D eigenvalue weighted by Crippen LogP contribution is 2.18. The van der Waals surface area contributed by atoms with Gasteiger partial charge in [0.15, 0.2) is 0 Å². The van der Waals surface area contributed by atoms with E-state index in [1.807, 2.05) is 31.2 Å². The molecule has 0 aromatic heterocycles. The Morgan fingerprint density at radius 2 is 1.94 bits per heavy atom. The molecular formula is C12H12N2O3. The molecule has 5 nitrogen and oxygen atoms in total. The van der Waals surface area contributed by atoms with Crippen LogP contribution < -0.4 is 10.6 Å². The molecule has 1 aromatic carbocycles. The topological polar surface area (TPSA) is 78.4 Å². The van der Waals surface area contributed by atoms with E-state index in [1.54, 1.807) is 0 Å². The van der Waals surface area contributed by atoms with Gasteiger partial charge in [-0.3, -0.25) is 0 Å². The lowest BCUT2D eigenvalue weighted by Crippen LogP contribution is -2.43. The Morgan fingerprint density at radius 3 is 2.53 bits per heavy atom. The number of hydrogen-bond donors (Lipinski definition) is 3. The maximum Gasteiger partial charge on any atom is 0.352 e. The molecule has 1 aliphatic heterocycles. The molecule has 1 aliphatic rings. The van der Waals surface area contributed by atoms with Crippen LogP contribution in [-0.2, 0) is 4.79 Å². The van der Waals surface area contributed by atoms with Gasteiger partial charge in [-0.2, -0.15) is 0 Å². The fourth-order valence-corrected chi connectivity index (χ4v) is 1.63. The van der Waals surface area contributed by atoms with E-state index in [4.69, 9.17) is 5.11 Å². The van der Waals surface area contributed by atoms with Crippen molar-refractivity contribution in [2.45, 2.75) is 13.0 Å². The van der Waals surface area contributed by atoms with Crippen molar-refractivity contribution in [1.29, 1.82) is 0 Å². The molecule has 5 heteroatoms. The molecule has 3 N–H and O–H groups in total. The van der Waals surface area contributed by atoms with Crippen LogP contribution in [0.5, 0.6) is 0 Å². The van der Waals surface area contributed by atoms with Gasteiger partial charge in [-0.15, -0.1) is 0 Å². The average Bonchev–Trinajstić information content (AvgIpc) is 2.29. The average molecular weight is 232 g/mol. The van der Waals surface area contributed by atoms with Crippen LogP contribution in [0.25, 0.3) is 0 Å². The molecule has 0 spiro atoms. The summed E-state index contributed by atoms with van der Waals surface area (Å²) in [6, 6.07) is 6.64. The normalized spacial score (nSPS) is 19.0. The Balaban J connectivity index is 2.32. The SMILES string of the molecule is Cc1ccc([C@H]2C=C(C(=O)O)NC(=O)N2)cc1. The van der Waals surface area contributed by atoms with Gasteiger partial charge in [-0.05, 0) is 18.6 Å². The Bertz CT molecular complexity index is 491. The number of carbonyl (C=O) groups is 2. The minimum absolute atomic E-state index is 0.0978. The number of rotatable bonds is 2. The van der Waals surface area contributed by atoms with Crippen LogP contribution in [0.4, 0.5) is 4.79 Å². The van der Waals surface area contributed by atoms with Gasteiger partial charge in [0.1, 0.15) is 5.70 Å². The van der Waals surface area contributed by atoms with Crippen molar-refractivity contribution in [3.8, 4) is 0 Å². The zero-order valence-electron chi connectivity index (χ0n) is 9.23. The fraction of sp³-hybridized carbons (Fsp3) is 0.167. The Labute approximate surface area is 98.1 Å². The molecule has 17 heavy (non-hydrogen) atoms. The van der Waals surface area contributed by atoms with Crippen molar-refractivity contribution in [2.24, 2.45) is 0 Å². The molecule has 0 aliphatic carbocycles. The first-order valence-corrected chi connectivity index (χ1v) is 5.15. The maximum atomic E-state index is 11.3. The van der Waals surface area contributed by atoms with Gasteiger partial charge >= 0.3 is 12.0 Å². The van der Waals surface area contributed by atoms with Crippen LogP contribution in [-0.4, -0.2) is 17.1 Å². The molecule has 1 atom stereocenters. The third-order valence-corrected chi connectivity index (χ3v) is 2.54. The third kappa shape index (κ3) is 2.44. The second-order valence-corrected chi connectivity index (χ2v) is 3.87. The van der Waals surface area contributed by atoms with E-state index in [0.29, 0.717) is 0 Å². The van der Waals surface area contributed by atoms with Crippen molar-refractivity contribution < 1.29 is 14.7 Å². The van der Waals surface area contributed by atoms with Crippen molar-refractivity contribution in [3.05, 3.63) is 47.2 Å². The van der Waals surface area contributed by atoms with Gasteiger partial charge in [-0.1, -0.05) is 29.8 Å². The van der Waals surface area contributed by atoms with Crippen LogP contribution in [0, 0.1) is 6.92 Å². The molecular weight excluding hydrogens is 220 g/mol. The highest BCUT2D eigenvalue weighted by Gasteiger charge is 2.22. The molecule has 1 heterocycles. The first-order valence-electron chi connectivity index (χ1n) is 5.15. The molecule has 0 saturated carbocycles. The summed E-state index contributed by atoms with van der Waals surface area (Å²) in [7, 11) is 0. The summed E-state index contributed by atoms with van der Waals surface area (Å²) in [6.07, 6.45) is 1.48. The molecule has 2 amide bonds. The van der Waals surface area contributed by atoms with Crippen molar-refractivity contribution >= 4 is 12.0 Å². The first-order chi connectivity index (χ1) is 8.06. The molecule has 88 valence electrons. The fourth-order valence-electron chi connectivity index (χ4n) is 1.63. The largest absolute Gasteiger partial charge is 0.477 e. The minimum atomic E-state index is -1.14. The zero-order chi connectivity index (χ0) is 12.4. The number of amides is 2. The Hall–Kier alpha value is -2.30. The van der Waals surface area contributed by atoms with Crippen molar-refractivity contribution in [1.82, 2.24) is 10.6 Å². The maximum absolute atomic E-state index is 11.3. The Kier molecular flexibility index (Phi) is 2.82. The van der Waals surface area contributed by atoms with E-state index < -0.39 is 18.0 Å². The van der Waals surface area contributed by atoms with Crippen molar-refractivity contribution in [3.63, 3.8) is 0 Å². The predicted octanol–water partition coefficient (Wildman–Crippen LogP) is 1.32. The highest BCUT2D eigenvalue weighted by molar-refractivity contribution is 5.93. The summed E-state index contributed by atoms with van der Waals surface area (Å²) >= 11 is 0. The van der Waals surface area contributed by atoms with Crippen LogP contribution in [0.2, 0.25) is 0 Å². The third-order valence-electron chi connectivity index (χ3n) is 2.54. The highest BCUT2D eigenvalue weighted by atomic mass is 16.4. The molecule has 2 rings (SSSR count). The van der Waals surface area contributed by atoms with Gasteiger partial charge in [0.05, 0.1) is 6.04 Å². The Morgan fingerprint density at radius 1 is 1.29 bits per heavy atom. The summed E-state index contributed by atoms with van der Waals surface area (Å²) in [5, 5.41) is 13.7. The van der Waals surface area contributed by atoms with Crippen LogP contribution in [0.3, 0.4) is 0 Å². The second kappa shape index (κ2) is 4.29. The van der Waals surface area contributed by atoms with E-state index in [-0.39, 0.29) is 5.70 Å².